The zero-order chi connectivity index (χ0) is 12.1. The third kappa shape index (κ3) is 4.78. The fraction of sp³-hybridized carbons (Fsp3) is 0.600. The van der Waals surface area contributed by atoms with Gasteiger partial charge in [-0.25, -0.2) is 0 Å². The summed E-state index contributed by atoms with van der Waals surface area (Å²) in [5.41, 5.74) is 1.29. The van der Waals surface area contributed by atoms with Crippen LogP contribution in [0.2, 0.25) is 0 Å². The molecule has 0 amide bonds. The summed E-state index contributed by atoms with van der Waals surface area (Å²) >= 11 is 0. The van der Waals surface area contributed by atoms with Gasteiger partial charge < -0.3 is 10.1 Å². The van der Waals surface area contributed by atoms with E-state index in [9.17, 15) is 0 Å². The lowest BCUT2D eigenvalue weighted by Crippen LogP contribution is -2.21. The van der Waals surface area contributed by atoms with Crippen LogP contribution in [0.3, 0.4) is 0 Å². The van der Waals surface area contributed by atoms with Gasteiger partial charge in [0, 0.05) is 12.6 Å². The molecule has 0 spiro atoms. The van der Waals surface area contributed by atoms with E-state index in [1.807, 2.05) is 6.07 Å². The van der Waals surface area contributed by atoms with E-state index in [0.29, 0.717) is 6.04 Å². The Morgan fingerprint density at radius 2 is 2.18 bits per heavy atom. The van der Waals surface area contributed by atoms with Crippen LogP contribution in [-0.4, -0.2) is 12.6 Å². The first-order valence-corrected chi connectivity index (χ1v) is 6.69. The maximum Gasteiger partial charge on any atom is 0.119 e. The number of hydrogen-bond acceptors (Lipinski definition) is 2. The van der Waals surface area contributed by atoms with Crippen molar-refractivity contribution in [2.24, 2.45) is 5.92 Å². The lowest BCUT2D eigenvalue weighted by molar-refractivity contribution is 0.302. The van der Waals surface area contributed by atoms with Gasteiger partial charge in [-0.2, -0.15) is 0 Å². The van der Waals surface area contributed by atoms with Gasteiger partial charge in [-0.1, -0.05) is 38.8 Å². The molecule has 0 unspecified atom stereocenters. The molecular formula is C15H23NO. The van der Waals surface area contributed by atoms with Crippen LogP contribution in [0.5, 0.6) is 5.75 Å². The molecule has 0 aromatic heterocycles. The summed E-state index contributed by atoms with van der Waals surface area (Å²) in [4.78, 5) is 0. The molecule has 94 valence electrons. The summed E-state index contributed by atoms with van der Waals surface area (Å²) in [6.07, 6.45) is 4.03. The van der Waals surface area contributed by atoms with Crippen molar-refractivity contribution < 1.29 is 4.74 Å². The van der Waals surface area contributed by atoms with Gasteiger partial charge in [0.25, 0.3) is 0 Å². The normalized spacial score (nSPS) is 15.2. The maximum atomic E-state index is 5.78. The van der Waals surface area contributed by atoms with Gasteiger partial charge >= 0.3 is 0 Å². The van der Waals surface area contributed by atoms with Crippen molar-refractivity contribution >= 4 is 0 Å². The smallest absolute Gasteiger partial charge is 0.119 e. The van der Waals surface area contributed by atoms with Crippen molar-refractivity contribution in [1.82, 2.24) is 5.32 Å². The molecule has 2 heteroatoms. The lowest BCUT2D eigenvalue weighted by atomic mass is 10.2. The molecule has 1 fully saturated rings. The summed E-state index contributed by atoms with van der Waals surface area (Å²) in [6, 6.07) is 8.93. The SMILES string of the molecule is CC(C)NCc1cccc(OCCC2CC2)c1. The molecule has 1 aromatic rings. The van der Waals surface area contributed by atoms with Gasteiger partial charge in [0.1, 0.15) is 5.75 Å². The van der Waals surface area contributed by atoms with Crippen LogP contribution in [0.25, 0.3) is 0 Å². The number of benzene rings is 1. The van der Waals surface area contributed by atoms with Crippen molar-refractivity contribution in [3.63, 3.8) is 0 Å². The van der Waals surface area contributed by atoms with Crippen LogP contribution < -0.4 is 10.1 Å². The lowest BCUT2D eigenvalue weighted by Gasteiger charge is -2.10. The first kappa shape index (κ1) is 12.4. The third-order valence-corrected chi connectivity index (χ3v) is 3.10. The molecule has 1 saturated carbocycles. The fourth-order valence-corrected chi connectivity index (χ4v) is 1.82. The topological polar surface area (TPSA) is 21.3 Å². The first-order chi connectivity index (χ1) is 8.24. The summed E-state index contributed by atoms with van der Waals surface area (Å²) in [5.74, 6) is 1.95. The van der Waals surface area contributed by atoms with Crippen LogP contribution in [0.4, 0.5) is 0 Å². The van der Waals surface area contributed by atoms with Gasteiger partial charge in [-0.05, 0) is 30.0 Å². The van der Waals surface area contributed by atoms with E-state index < -0.39 is 0 Å². The predicted octanol–water partition coefficient (Wildman–Crippen LogP) is 3.36. The highest BCUT2D eigenvalue weighted by Gasteiger charge is 2.20. The van der Waals surface area contributed by atoms with E-state index in [2.05, 4.69) is 37.4 Å². The van der Waals surface area contributed by atoms with E-state index in [-0.39, 0.29) is 0 Å². The van der Waals surface area contributed by atoms with E-state index in [1.54, 1.807) is 0 Å². The Labute approximate surface area is 104 Å². The summed E-state index contributed by atoms with van der Waals surface area (Å²) < 4.78 is 5.78. The molecule has 0 atom stereocenters. The van der Waals surface area contributed by atoms with Crippen LogP contribution in [-0.2, 0) is 6.54 Å². The van der Waals surface area contributed by atoms with Crippen LogP contribution in [0, 0.1) is 5.92 Å². The highest BCUT2D eigenvalue weighted by Crippen LogP contribution is 2.32. The van der Waals surface area contributed by atoms with Gasteiger partial charge in [0.05, 0.1) is 6.61 Å². The highest BCUT2D eigenvalue weighted by molar-refractivity contribution is 5.28. The van der Waals surface area contributed by atoms with Crippen molar-refractivity contribution in [3.05, 3.63) is 29.8 Å². The molecule has 1 aliphatic carbocycles. The predicted molar refractivity (Wildman–Crippen MR) is 71.3 cm³/mol. The molecular weight excluding hydrogens is 210 g/mol. The Morgan fingerprint density at radius 3 is 2.88 bits per heavy atom. The van der Waals surface area contributed by atoms with Crippen molar-refractivity contribution in [3.8, 4) is 5.75 Å². The Balaban J connectivity index is 1.77. The Bertz CT molecular complexity index is 345. The maximum absolute atomic E-state index is 5.78. The molecule has 2 rings (SSSR count). The van der Waals surface area contributed by atoms with E-state index in [4.69, 9.17) is 4.74 Å². The minimum atomic E-state index is 0.523. The van der Waals surface area contributed by atoms with Crippen LogP contribution in [0.1, 0.15) is 38.7 Å². The van der Waals surface area contributed by atoms with Gasteiger partial charge in [0.2, 0.25) is 0 Å². The molecule has 0 saturated heterocycles. The van der Waals surface area contributed by atoms with E-state index in [1.165, 1.54) is 24.8 Å². The second kappa shape index (κ2) is 6.06. The molecule has 0 bridgehead atoms. The Hall–Kier alpha value is -1.02. The first-order valence-electron chi connectivity index (χ1n) is 6.69. The number of hydrogen-bond donors (Lipinski definition) is 1. The van der Waals surface area contributed by atoms with Crippen molar-refractivity contribution in [2.75, 3.05) is 6.61 Å². The standard InChI is InChI=1S/C15H23NO/c1-12(2)16-11-14-4-3-5-15(10-14)17-9-8-13-6-7-13/h3-5,10,12-13,16H,6-9,11H2,1-2H3. The number of ether oxygens (including phenoxy) is 1. The second-order valence-electron chi connectivity index (χ2n) is 5.26. The molecule has 17 heavy (non-hydrogen) atoms. The van der Waals surface area contributed by atoms with Crippen LogP contribution in [0.15, 0.2) is 24.3 Å². The Kier molecular flexibility index (Phi) is 4.43. The van der Waals surface area contributed by atoms with E-state index in [0.717, 1.165) is 24.8 Å². The minimum Gasteiger partial charge on any atom is -0.494 e. The largest absolute Gasteiger partial charge is 0.494 e. The Morgan fingerprint density at radius 1 is 1.35 bits per heavy atom. The quantitative estimate of drug-likeness (QED) is 0.779. The summed E-state index contributed by atoms with van der Waals surface area (Å²) in [7, 11) is 0. The average molecular weight is 233 g/mol. The zero-order valence-electron chi connectivity index (χ0n) is 10.9. The van der Waals surface area contributed by atoms with Crippen molar-refractivity contribution in [2.45, 2.75) is 45.7 Å². The number of nitrogens with one attached hydrogen (secondary N) is 1. The van der Waals surface area contributed by atoms with Gasteiger partial charge in [-0.3, -0.25) is 0 Å². The summed E-state index contributed by atoms with van der Waals surface area (Å²) in [6.45, 7) is 6.11. The molecule has 0 radical (unpaired) electrons. The molecule has 2 nitrogen and oxygen atoms in total. The highest BCUT2D eigenvalue weighted by atomic mass is 16.5. The molecule has 1 N–H and O–H groups in total. The number of rotatable bonds is 7. The molecule has 1 aliphatic rings. The van der Waals surface area contributed by atoms with Crippen molar-refractivity contribution in [1.29, 1.82) is 0 Å². The van der Waals surface area contributed by atoms with Gasteiger partial charge in [0.15, 0.2) is 0 Å². The minimum absolute atomic E-state index is 0.523. The monoisotopic (exact) mass is 233 g/mol. The second-order valence-corrected chi connectivity index (χ2v) is 5.26. The van der Waals surface area contributed by atoms with E-state index >= 15 is 0 Å². The van der Waals surface area contributed by atoms with Gasteiger partial charge in [-0.15, -0.1) is 0 Å². The zero-order valence-corrected chi connectivity index (χ0v) is 10.9. The molecule has 0 aliphatic heterocycles. The third-order valence-electron chi connectivity index (χ3n) is 3.10. The van der Waals surface area contributed by atoms with Crippen LogP contribution >= 0.6 is 0 Å². The fourth-order valence-electron chi connectivity index (χ4n) is 1.82. The molecule has 0 heterocycles. The average Bonchev–Trinajstić information content (AvgIpc) is 3.11. The summed E-state index contributed by atoms with van der Waals surface area (Å²) in [5, 5.41) is 3.42. The molecule has 1 aromatic carbocycles.